The summed E-state index contributed by atoms with van der Waals surface area (Å²) in [6.45, 7) is 13.9. The highest BCUT2D eigenvalue weighted by molar-refractivity contribution is 5.96. The minimum absolute atomic E-state index is 0.0535. The van der Waals surface area contributed by atoms with Crippen molar-refractivity contribution >= 4 is 0 Å². The third-order valence-electron chi connectivity index (χ3n) is 31.9. The van der Waals surface area contributed by atoms with Crippen molar-refractivity contribution in [1.29, 1.82) is 0 Å². The highest BCUT2D eigenvalue weighted by atomic mass is 15.1. The highest BCUT2D eigenvalue weighted by Crippen LogP contribution is 2.56. The van der Waals surface area contributed by atoms with Gasteiger partial charge < -0.3 is 0 Å². The molecule has 20 aromatic carbocycles. The van der Waals surface area contributed by atoms with Crippen LogP contribution in [0.4, 0.5) is 0 Å². The largest absolute Gasteiger partial charge is 0.208 e. The minimum atomic E-state index is -0.0648. The van der Waals surface area contributed by atoms with Gasteiger partial charge in [-0.3, -0.25) is 0 Å². The van der Waals surface area contributed by atoms with Crippen LogP contribution < -0.4 is 0 Å². The van der Waals surface area contributed by atoms with Gasteiger partial charge in [0.05, 0.1) is 0 Å². The molecule has 0 saturated carbocycles. The summed E-state index contributed by atoms with van der Waals surface area (Å²) in [5, 5.41) is 0. The van der Waals surface area contributed by atoms with Crippen LogP contribution >= 0.6 is 0 Å². The van der Waals surface area contributed by atoms with E-state index in [1.54, 1.807) is 0 Å². The Morgan fingerprint density at radius 2 is 0.320 bits per heavy atom. The van der Waals surface area contributed by atoms with Crippen LogP contribution in [0.2, 0.25) is 0 Å². The second-order valence-electron chi connectivity index (χ2n) is 41.6. The predicted molar refractivity (Wildman–Crippen MR) is 613 cm³/mol. The van der Waals surface area contributed by atoms with Crippen molar-refractivity contribution in [2.75, 3.05) is 0 Å². The van der Waals surface area contributed by atoms with E-state index in [0.29, 0.717) is 52.4 Å². The molecule has 0 spiro atoms. The molecule has 0 atom stereocenters. The van der Waals surface area contributed by atoms with Crippen molar-refractivity contribution in [2.24, 2.45) is 0 Å². The lowest BCUT2D eigenvalue weighted by atomic mass is 9.81. The Labute approximate surface area is 874 Å². The molecule has 23 aromatic rings. The smallest absolute Gasteiger partial charge is 0.164 e. The maximum atomic E-state index is 5.25. The fourth-order valence-corrected chi connectivity index (χ4v) is 24.3. The normalized spacial score (nSPS) is 13.3. The summed E-state index contributed by atoms with van der Waals surface area (Å²) < 4.78 is 0. The Balaban J connectivity index is 0.000000111. The molecule has 0 radical (unpaired) electrons. The van der Waals surface area contributed by atoms with Gasteiger partial charge in [0.15, 0.2) is 52.4 Å². The molecule has 710 valence electrons. The van der Waals surface area contributed by atoms with Crippen molar-refractivity contribution in [3.8, 4) is 225 Å². The lowest BCUT2D eigenvalue weighted by Gasteiger charge is -2.22. The molecule has 9 nitrogen and oxygen atoms in total. The molecular weight excluding hydrogens is 1820 g/mol. The van der Waals surface area contributed by atoms with Crippen molar-refractivity contribution in [3.05, 3.63) is 534 Å². The average Bonchev–Trinajstić information content (AvgIpc) is 1.59. The number of benzene rings is 20. The zero-order valence-electron chi connectivity index (χ0n) is 84.1. The fourth-order valence-electron chi connectivity index (χ4n) is 24.3. The topological polar surface area (TPSA) is 116 Å². The van der Waals surface area contributed by atoms with Gasteiger partial charge in [-0.15, -0.1) is 0 Å². The van der Waals surface area contributed by atoms with E-state index in [2.05, 4.69) is 454 Å². The second-order valence-corrected chi connectivity index (χ2v) is 41.6. The molecule has 0 fully saturated rings. The van der Waals surface area contributed by atoms with E-state index in [1.165, 1.54) is 184 Å². The van der Waals surface area contributed by atoms with Crippen molar-refractivity contribution in [1.82, 2.24) is 44.9 Å². The SMILES string of the molecule is CC1(C)c2ccccc2-c2cc(-c3nc(-c4ccccc4)nc(-c4cccc5c4Cc4c(-c6ccc(-c7ccccc7)cc6)cccc4-5)n3)ccc21.CC1(C)c2ccccc2-c2cc(-c3nc(-c4ccccc4)nc(-c4cccc5c4Cc4c(-c6ccccc6)cccc4-5)n3)ccc21.CC1(C)c2ccccc2-c2ccc(-c3cccc(-c4nc(-c5ccccc5)nc(-c5cccc6c5Cc5c(-c7ccccc7)cccc5-6)n4)c3)cc21. The van der Waals surface area contributed by atoms with Crippen LogP contribution in [0.25, 0.3) is 225 Å². The van der Waals surface area contributed by atoms with E-state index in [9.17, 15) is 0 Å². The molecule has 0 aliphatic heterocycles. The molecule has 0 N–H and O–H groups in total. The third kappa shape index (κ3) is 15.6. The molecule has 0 bridgehead atoms. The molecule has 6 aliphatic carbocycles. The van der Waals surface area contributed by atoms with E-state index in [0.717, 1.165) is 74.9 Å². The number of nitrogens with zero attached hydrogens (tertiary/aromatic N) is 9. The summed E-state index contributed by atoms with van der Waals surface area (Å²) >= 11 is 0. The molecular formula is C141H101N9. The van der Waals surface area contributed by atoms with Crippen molar-refractivity contribution < 1.29 is 0 Å². The second kappa shape index (κ2) is 36.6. The molecule has 3 heterocycles. The van der Waals surface area contributed by atoms with Gasteiger partial charge in [-0.05, 0) is 213 Å². The Bertz CT molecular complexity index is 9340. The van der Waals surface area contributed by atoms with Crippen molar-refractivity contribution in [2.45, 2.75) is 77.0 Å². The molecule has 6 aliphatic rings. The Morgan fingerprint density at radius 3 is 0.680 bits per heavy atom. The van der Waals surface area contributed by atoms with E-state index < -0.39 is 0 Å². The standard InChI is InChI=1S/2C49H35N3.C43H31N3/c1-49(2)44-25-10-9-20-39(44)40-27-26-34(29-45(40)49)33-18-11-19-35(28-33)47-50-46(32-16-7-4-8-17-32)51-48(52-47)41-24-13-23-38-37-22-12-21-36(42(37)30-43(38)41)31-14-5-3-6-15-31;1-49(2)44-22-10-9-17-39(44)43-29-35(27-28-45(43)49)47-50-46(34-15-7-4-8-16-34)51-48(52-47)40-21-12-20-38-37-19-11-18-36(41(37)30-42(38)40)33-25-23-32(24-26-33)31-13-5-3-6-14-31;1-43(2)38-22-10-9-17-33(38)37-25-29(23-24-39(37)43)41-44-40(28-15-7-4-8-16-28)45-42(46-41)34-21-12-20-32-31-19-11-18-30(35(31)26-36(32)34)27-13-5-3-6-14-27/h2*3-29H,30H2,1-2H3;3-25H,26H2,1-2H3. The first-order valence-electron chi connectivity index (χ1n) is 51.9. The summed E-state index contributed by atoms with van der Waals surface area (Å²) in [4.78, 5) is 46.5. The Hall–Kier alpha value is -18.6. The molecule has 0 unspecified atom stereocenters. The number of hydrogen-bond acceptors (Lipinski definition) is 9. The van der Waals surface area contributed by atoms with E-state index in [-0.39, 0.29) is 16.2 Å². The number of fused-ring (bicyclic) bond motifs is 18. The van der Waals surface area contributed by atoms with Crippen molar-refractivity contribution in [3.63, 3.8) is 0 Å². The highest BCUT2D eigenvalue weighted by Gasteiger charge is 2.40. The maximum Gasteiger partial charge on any atom is 0.164 e. The van der Waals surface area contributed by atoms with E-state index in [4.69, 9.17) is 44.9 Å². The molecule has 29 rings (SSSR count). The van der Waals surface area contributed by atoms with Gasteiger partial charge >= 0.3 is 0 Å². The zero-order valence-corrected chi connectivity index (χ0v) is 84.1. The van der Waals surface area contributed by atoms with Crippen LogP contribution in [-0.4, -0.2) is 44.9 Å². The number of aromatic nitrogens is 9. The lowest BCUT2D eigenvalue weighted by molar-refractivity contribution is 0.660. The first kappa shape index (κ1) is 90.2. The Morgan fingerprint density at radius 1 is 0.120 bits per heavy atom. The van der Waals surface area contributed by atoms with Gasteiger partial charge in [-0.2, -0.15) is 0 Å². The first-order valence-corrected chi connectivity index (χ1v) is 51.9. The monoisotopic (exact) mass is 1920 g/mol. The van der Waals surface area contributed by atoms with Crippen LogP contribution in [-0.2, 0) is 35.5 Å². The van der Waals surface area contributed by atoms with Gasteiger partial charge in [-0.1, -0.05) is 484 Å². The van der Waals surface area contributed by atoms with E-state index in [1.807, 2.05) is 54.6 Å². The van der Waals surface area contributed by atoms with Crippen LogP contribution in [0, 0.1) is 0 Å². The number of hydrogen-bond donors (Lipinski definition) is 0. The fraction of sp³-hybridized carbons (Fsp3) is 0.0851. The zero-order chi connectivity index (χ0) is 100. The van der Waals surface area contributed by atoms with Crippen LogP contribution in [0.15, 0.2) is 467 Å². The number of rotatable bonds is 14. The minimum Gasteiger partial charge on any atom is -0.208 e. The van der Waals surface area contributed by atoms with Crippen LogP contribution in [0.3, 0.4) is 0 Å². The predicted octanol–water partition coefficient (Wildman–Crippen LogP) is 34.6. The van der Waals surface area contributed by atoms with Crippen LogP contribution in [0.1, 0.15) is 108 Å². The van der Waals surface area contributed by atoms with Gasteiger partial charge in [0.1, 0.15) is 0 Å². The molecule has 150 heavy (non-hydrogen) atoms. The lowest BCUT2D eigenvalue weighted by Crippen LogP contribution is -2.14. The summed E-state index contributed by atoms with van der Waals surface area (Å²) in [5.41, 5.74) is 52.4. The maximum absolute atomic E-state index is 5.25. The Kier molecular flexibility index (Phi) is 22.0. The quantitative estimate of drug-likeness (QED) is 0.105. The molecule has 3 aromatic heterocycles. The summed E-state index contributed by atoms with van der Waals surface area (Å²) in [7, 11) is 0. The summed E-state index contributed by atoms with van der Waals surface area (Å²) in [6.07, 6.45) is 2.46. The average molecular weight is 1920 g/mol. The summed E-state index contributed by atoms with van der Waals surface area (Å²) in [6, 6.07) is 167. The summed E-state index contributed by atoms with van der Waals surface area (Å²) in [5.74, 6) is 6.15. The van der Waals surface area contributed by atoms with Gasteiger partial charge in [0.2, 0.25) is 0 Å². The molecule has 9 heteroatoms. The van der Waals surface area contributed by atoms with E-state index >= 15 is 0 Å². The molecule has 0 amide bonds. The first-order chi connectivity index (χ1) is 73.6. The van der Waals surface area contributed by atoms with Gasteiger partial charge in [0, 0.05) is 85.6 Å². The molecule has 0 saturated heterocycles. The third-order valence-corrected chi connectivity index (χ3v) is 31.9. The van der Waals surface area contributed by atoms with Crippen LogP contribution in [0.5, 0.6) is 0 Å². The van der Waals surface area contributed by atoms with Gasteiger partial charge in [-0.25, -0.2) is 44.9 Å². The van der Waals surface area contributed by atoms with Gasteiger partial charge in [0.25, 0.3) is 0 Å².